The summed E-state index contributed by atoms with van der Waals surface area (Å²) in [5, 5.41) is 6.14. The van der Waals surface area contributed by atoms with Crippen molar-refractivity contribution >= 4 is 23.5 Å². The van der Waals surface area contributed by atoms with Crippen molar-refractivity contribution in [2.45, 2.75) is 37.3 Å². The smallest absolute Gasteiger partial charge is 0.319 e. The van der Waals surface area contributed by atoms with Gasteiger partial charge in [0.1, 0.15) is 0 Å². The molecular formula is C13H20N2OS. The maximum atomic E-state index is 11.4. The van der Waals surface area contributed by atoms with Crippen molar-refractivity contribution in [2.24, 2.45) is 0 Å². The maximum Gasteiger partial charge on any atom is 0.319 e. The van der Waals surface area contributed by atoms with Crippen LogP contribution in [-0.4, -0.2) is 17.8 Å². The lowest BCUT2D eigenvalue weighted by Crippen LogP contribution is -2.29. The topological polar surface area (TPSA) is 41.1 Å². The van der Waals surface area contributed by atoms with Crippen molar-refractivity contribution in [1.29, 1.82) is 0 Å². The van der Waals surface area contributed by atoms with Crippen molar-refractivity contribution in [3.63, 3.8) is 0 Å². The van der Waals surface area contributed by atoms with Crippen molar-refractivity contribution in [2.75, 3.05) is 11.9 Å². The van der Waals surface area contributed by atoms with E-state index in [1.165, 1.54) is 4.90 Å². The quantitative estimate of drug-likeness (QED) is 0.784. The Kier molecular flexibility index (Phi) is 5.91. The van der Waals surface area contributed by atoms with E-state index in [2.05, 4.69) is 24.5 Å². The zero-order valence-electron chi connectivity index (χ0n) is 10.6. The number of nitrogens with one attached hydrogen (secondary N) is 2. The molecule has 0 atom stereocenters. The summed E-state index contributed by atoms with van der Waals surface area (Å²) in [5.74, 6) is 0. The van der Waals surface area contributed by atoms with Crippen molar-refractivity contribution in [1.82, 2.24) is 5.32 Å². The second-order valence-electron chi connectivity index (χ2n) is 4.07. The first-order valence-electron chi connectivity index (χ1n) is 5.93. The van der Waals surface area contributed by atoms with Gasteiger partial charge in [-0.05, 0) is 30.7 Å². The van der Waals surface area contributed by atoms with Crippen molar-refractivity contribution in [3.8, 4) is 0 Å². The number of carbonyl (C=O) groups is 1. The van der Waals surface area contributed by atoms with Gasteiger partial charge in [0.15, 0.2) is 0 Å². The van der Waals surface area contributed by atoms with Gasteiger partial charge in [-0.25, -0.2) is 4.79 Å². The molecule has 2 amide bonds. The average molecular weight is 252 g/mol. The molecule has 17 heavy (non-hydrogen) atoms. The van der Waals surface area contributed by atoms with Gasteiger partial charge in [0.2, 0.25) is 0 Å². The predicted molar refractivity (Wildman–Crippen MR) is 74.7 cm³/mol. The molecule has 0 aromatic heterocycles. The average Bonchev–Trinajstić information content (AvgIpc) is 2.28. The Morgan fingerprint density at radius 1 is 1.29 bits per heavy atom. The zero-order valence-corrected chi connectivity index (χ0v) is 11.4. The predicted octanol–water partition coefficient (Wildman–Crippen LogP) is 3.72. The van der Waals surface area contributed by atoms with Gasteiger partial charge >= 0.3 is 6.03 Å². The summed E-state index contributed by atoms with van der Waals surface area (Å²) >= 11 is 1.81. The van der Waals surface area contributed by atoms with E-state index >= 15 is 0 Å². The van der Waals surface area contributed by atoms with Gasteiger partial charge < -0.3 is 10.6 Å². The summed E-state index contributed by atoms with van der Waals surface area (Å²) in [6.07, 6.45) is 0.942. The maximum absolute atomic E-state index is 11.4. The molecule has 0 heterocycles. The Balaban J connectivity index is 2.47. The van der Waals surface area contributed by atoms with Crippen LogP contribution in [0.5, 0.6) is 0 Å². The van der Waals surface area contributed by atoms with Gasteiger partial charge in [0, 0.05) is 22.4 Å². The first-order valence-corrected chi connectivity index (χ1v) is 6.81. The number of anilines is 1. The van der Waals surface area contributed by atoms with E-state index in [1.807, 2.05) is 43.0 Å². The summed E-state index contributed by atoms with van der Waals surface area (Å²) in [7, 11) is 0. The molecule has 0 aliphatic carbocycles. The highest BCUT2D eigenvalue weighted by molar-refractivity contribution is 7.99. The first-order chi connectivity index (χ1) is 8.11. The minimum absolute atomic E-state index is 0.142. The molecule has 0 radical (unpaired) electrons. The highest BCUT2D eigenvalue weighted by Crippen LogP contribution is 2.23. The molecule has 3 nitrogen and oxygen atoms in total. The Morgan fingerprint density at radius 2 is 1.94 bits per heavy atom. The molecule has 0 saturated carbocycles. The van der Waals surface area contributed by atoms with Crippen LogP contribution < -0.4 is 10.6 Å². The van der Waals surface area contributed by atoms with E-state index in [4.69, 9.17) is 0 Å². The third-order valence-electron chi connectivity index (χ3n) is 2.02. The molecule has 2 N–H and O–H groups in total. The number of rotatable bonds is 5. The van der Waals surface area contributed by atoms with Gasteiger partial charge in [0.05, 0.1) is 0 Å². The van der Waals surface area contributed by atoms with Crippen molar-refractivity contribution < 1.29 is 4.79 Å². The first kappa shape index (κ1) is 13.9. The number of hydrogen-bond acceptors (Lipinski definition) is 2. The molecule has 0 unspecified atom stereocenters. The highest BCUT2D eigenvalue weighted by Gasteiger charge is 2.01. The van der Waals surface area contributed by atoms with Gasteiger partial charge in [-0.2, -0.15) is 0 Å². The van der Waals surface area contributed by atoms with Gasteiger partial charge in [-0.3, -0.25) is 0 Å². The third kappa shape index (κ3) is 5.63. The molecule has 0 bridgehead atoms. The molecule has 0 aliphatic rings. The minimum Gasteiger partial charge on any atom is -0.338 e. The fourth-order valence-electron chi connectivity index (χ4n) is 1.30. The number of carbonyl (C=O) groups excluding carboxylic acids is 1. The van der Waals surface area contributed by atoms with E-state index in [-0.39, 0.29) is 6.03 Å². The summed E-state index contributed by atoms with van der Waals surface area (Å²) < 4.78 is 0. The highest BCUT2D eigenvalue weighted by atomic mass is 32.2. The standard InChI is InChI=1S/C13H20N2OS/c1-4-9-14-13(16)15-11-5-7-12(8-6-11)17-10(2)3/h5-8,10H,4,9H2,1-3H3,(H2,14,15,16). The third-order valence-corrected chi connectivity index (χ3v) is 3.04. The monoisotopic (exact) mass is 252 g/mol. The number of hydrogen-bond donors (Lipinski definition) is 2. The normalized spacial score (nSPS) is 10.4. The number of amides is 2. The van der Waals surface area contributed by atoms with E-state index < -0.39 is 0 Å². The van der Waals surface area contributed by atoms with Crippen LogP contribution in [0.2, 0.25) is 0 Å². The van der Waals surface area contributed by atoms with E-state index in [1.54, 1.807) is 0 Å². The van der Waals surface area contributed by atoms with E-state index in [0.717, 1.165) is 12.1 Å². The molecule has 0 fully saturated rings. The van der Waals surface area contributed by atoms with Crippen LogP contribution in [-0.2, 0) is 0 Å². The van der Waals surface area contributed by atoms with E-state index in [9.17, 15) is 4.79 Å². The van der Waals surface area contributed by atoms with Crippen LogP contribution in [0.3, 0.4) is 0 Å². The van der Waals surface area contributed by atoms with Gasteiger partial charge in [0.25, 0.3) is 0 Å². The Labute approximate surface area is 107 Å². The van der Waals surface area contributed by atoms with Crippen LogP contribution >= 0.6 is 11.8 Å². The molecule has 1 aromatic rings. The Morgan fingerprint density at radius 3 is 2.47 bits per heavy atom. The Bertz CT molecular complexity index is 349. The molecule has 0 saturated heterocycles. The molecule has 0 spiro atoms. The molecule has 0 aliphatic heterocycles. The summed E-state index contributed by atoms with van der Waals surface area (Å²) in [4.78, 5) is 12.6. The van der Waals surface area contributed by atoms with E-state index in [0.29, 0.717) is 11.8 Å². The molecule has 94 valence electrons. The van der Waals surface area contributed by atoms with Gasteiger partial charge in [-0.15, -0.1) is 11.8 Å². The fraction of sp³-hybridized carbons (Fsp3) is 0.462. The molecule has 4 heteroatoms. The number of benzene rings is 1. The molecular weight excluding hydrogens is 232 g/mol. The second kappa shape index (κ2) is 7.22. The van der Waals surface area contributed by atoms with Crippen LogP contribution in [0, 0.1) is 0 Å². The molecule has 1 rings (SSSR count). The number of thioether (sulfide) groups is 1. The zero-order chi connectivity index (χ0) is 12.7. The van der Waals surface area contributed by atoms with Crippen molar-refractivity contribution in [3.05, 3.63) is 24.3 Å². The lowest BCUT2D eigenvalue weighted by atomic mass is 10.3. The molecule has 1 aromatic carbocycles. The van der Waals surface area contributed by atoms with Crippen LogP contribution in [0.25, 0.3) is 0 Å². The lowest BCUT2D eigenvalue weighted by molar-refractivity contribution is 0.252. The largest absolute Gasteiger partial charge is 0.338 e. The summed E-state index contributed by atoms with van der Waals surface area (Å²) in [6, 6.07) is 7.77. The minimum atomic E-state index is -0.142. The van der Waals surface area contributed by atoms with Crippen LogP contribution in [0.1, 0.15) is 27.2 Å². The lowest BCUT2D eigenvalue weighted by Gasteiger charge is -2.08. The van der Waals surface area contributed by atoms with Crippen LogP contribution in [0.4, 0.5) is 10.5 Å². The SMILES string of the molecule is CCCNC(=O)Nc1ccc(SC(C)C)cc1. The fourth-order valence-corrected chi connectivity index (χ4v) is 2.14. The van der Waals surface area contributed by atoms with Gasteiger partial charge in [-0.1, -0.05) is 20.8 Å². The number of urea groups is 1. The second-order valence-corrected chi connectivity index (χ2v) is 5.72. The summed E-state index contributed by atoms with van der Waals surface area (Å²) in [6.45, 7) is 7.05. The Hall–Kier alpha value is -1.16. The summed E-state index contributed by atoms with van der Waals surface area (Å²) in [5.41, 5.74) is 0.826. The van der Waals surface area contributed by atoms with Crippen LogP contribution in [0.15, 0.2) is 29.2 Å².